The highest BCUT2D eigenvalue weighted by atomic mass is 32.1. The van der Waals surface area contributed by atoms with Crippen LogP contribution in [0.1, 0.15) is 0 Å². The summed E-state index contributed by atoms with van der Waals surface area (Å²) in [7, 11) is 0. The summed E-state index contributed by atoms with van der Waals surface area (Å²) in [6.45, 7) is -0.0431. The maximum Gasteiger partial charge on any atom is 0.261 e. The smallest absolute Gasteiger partial charge is 0.261 e. The third kappa shape index (κ3) is 3.85. The summed E-state index contributed by atoms with van der Waals surface area (Å²) in [6.07, 6.45) is 0. The highest BCUT2D eigenvalue weighted by molar-refractivity contribution is 7.26. The van der Waals surface area contributed by atoms with Gasteiger partial charge in [-0.1, -0.05) is 109 Å². The van der Waals surface area contributed by atoms with Crippen molar-refractivity contribution in [2.45, 2.75) is 0 Å². The predicted molar refractivity (Wildman–Crippen MR) is 207 cm³/mol. The summed E-state index contributed by atoms with van der Waals surface area (Å²) in [5.41, 5.74) is 6.72. The molecule has 0 amide bonds. The normalized spacial score (nSPS) is 12.8. The quantitative estimate of drug-likeness (QED) is 0.141. The van der Waals surface area contributed by atoms with E-state index in [1.807, 2.05) is 17.4 Å². The molecule has 9 aromatic rings. The lowest BCUT2D eigenvalue weighted by atomic mass is 9.34. The Morgan fingerprint density at radius 3 is 1.94 bits per heavy atom. The number of anilines is 3. The fourth-order valence-corrected chi connectivity index (χ4v) is 9.31. The van der Waals surface area contributed by atoms with E-state index in [1.165, 1.54) is 41.8 Å². The molecule has 0 saturated heterocycles. The standard InChI is InChI=1S/C44H26BNO2S/c1-2-12-27(13-3-1)46(36-20-10-19-34-31-16-8-9-23-40(31)49-44(34)36)28-24-25-35-39(26-28)47-37-21-11-22-38-42(37)45(35)41-32-17-6-4-14-29(32)30-15-5-7-18-33(30)43(41)48-38/h1-26H. The first-order valence-corrected chi connectivity index (χ1v) is 17.4. The Balaban J connectivity index is 1.16. The second-order valence-electron chi connectivity index (χ2n) is 12.8. The second-order valence-corrected chi connectivity index (χ2v) is 13.8. The van der Waals surface area contributed by atoms with Crippen LogP contribution in [0.15, 0.2) is 158 Å². The Hall–Kier alpha value is -6.04. The van der Waals surface area contributed by atoms with Crippen molar-refractivity contribution in [3.63, 3.8) is 0 Å². The molecule has 0 fully saturated rings. The van der Waals surface area contributed by atoms with Crippen LogP contribution >= 0.6 is 11.3 Å². The van der Waals surface area contributed by atoms with Gasteiger partial charge in [-0.2, -0.15) is 0 Å². The molecule has 49 heavy (non-hydrogen) atoms. The number of benzene rings is 8. The molecule has 0 atom stereocenters. The van der Waals surface area contributed by atoms with Gasteiger partial charge in [-0.25, -0.2) is 0 Å². The molecule has 0 aliphatic carbocycles. The van der Waals surface area contributed by atoms with Gasteiger partial charge in [0.1, 0.15) is 23.0 Å². The molecule has 0 unspecified atom stereocenters. The van der Waals surface area contributed by atoms with Gasteiger partial charge in [-0.3, -0.25) is 0 Å². The third-order valence-electron chi connectivity index (χ3n) is 10.2. The minimum absolute atomic E-state index is 0.0431. The van der Waals surface area contributed by atoms with Crippen LogP contribution in [-0.2, 0) is 0 Å². The van der Waals surface area contributed by atoms with Gasteiger partial charge >= 0.3 is 0 Å². The van der Waals surface area contributed by atoms with Gasteiger partial charge in [0.2, 0.25) is 0 Å². The maximum absolute atomic E-state index is 6.83. The van der Waals surface area contributed by atoms with Crippen LogP contribution in [0.4, 0.5) is 17.1 Å². The van der Waals surface area contributed by atoms with Crippen molar-refractivity contribution in [3.8, 4) is 23.0 Å². The monoisotopic (exact) mass is 643 g/mol. The zero-order valence-corrected chi connectivity index (χ0v) is 27.1. The second kappa shape index (κ2) is 10.2. The van der Waals surface area contributed by atoms with Crippen molar-refractivity contribution in [2.75, 3.05) is 4.90 Å². The van der Waals surface area contributed by atoms with E-state index < -0.39 is 0 Å². The first-order chi connectivity index (χ1) is 24.3. The van der Waals surface area contributed by atoms with Crippen molar-refractivity contribution in [2.24, 2.45) is 0 Å². The van der Waals surface area contributed by atoms with Gasteiger partial charge in [0.05, 0.1) is 10.4 Å². The van der Waals surface area contributed by atoms with E-state index in [9.17, 15) is 0 Å². The summed E-state index contributed by atoms with van der Waals surface area (Å²) in [5, 5.41) is 7.33. The number of fused-ring (bicyclic) bond motifs is 12. The van der Waals surface area contributed by atoms with Crippen LogP contribution in [-0.4, -0.2) is 6.71 Å². The van der Waals surface area contributed by atoms with Crippen LogP contribution in [0.3, 0.4) is 0 Å². The fraction of sp³-hybridized carbons (Fsp3) is 0. The molecule has 5 heteroatoms. The largest absolute Gasteiger partial charge is 0.458 e. The minimum atomic E-state index is -0.0431. The summed E-state index contributed by atoms with van der Waals surface area (Å²) in [5.74, 6) is 3.49. The van der Waals surface area contributed by atoms with Gasteiger partial charge < -0.3 is 14.4 Å². The van der Waals surface area contributed by atoms with Crippen LogP contribution in [0.25, 0.3) is 41.7 Å². The Morgan fingerprint density at radius 2 is 1.10 bits per heavy atom. The summed E-state index contributed by atoms with van der Waals surface area (Å²) >= 11 is 1.85. The van der Waals surface area contributed by atoms with E-state index in [1.54, 1.807) is 0 Å². The molecule has 0 N–H and O–H groups in total. The first kappa shape index (κ1) is 27.0. The van der Waals surface area contributed by atoms with Crippen LogP contribution < -0.4 is 30.8 Å². The van der Waals surface area contributed by atoms with Crippen LogP contribution in [0.2, 0.25) is 0 Å². The van der Waals surface area contributed by atoms with E-state index in [4.69, 9.17) is 9.47 Å². The summed E-state index contributed by atoms with van der Waals surface area (Å²) in [6, 6.07) is 56.3. The molecule has 228 valence electrons. The van der Waals surface area contributed by atoms with Gasteiger partial charge in [-0.05, 0) is 69.5 Å². The molecule has 0 spiro atoms. The molecule has 0 radical (unpaired) electrons. The zero-order chi connectivity index (χ0) is 32.1. The molecule has 0 bridgehead atoms. The number of ether oxygens (including phenoxy) is 2. The lowest BCUT2D eigenvalue weighted by Crippen LogP contribution is -2.57. The molecule has 3 heterocycles. The molecule has 0 saturated carbocycles. The molecule has 2 aliphatic rings. The molecule has 11 rings (SSSR count). The number of para-hydroxylation sites is 1. The highest BCUT2D eigenvalue weighted by Crippen LogP contribution is 2.46. The number of hydrogen-bond acceptors (Lipinski definition) is 4. The van der Waals surface area contributed by atoms with Gasteiger partial charge in [-0.15, -0.1) is 11.3 Å². The van der Waals surface area contributed by atoms with E-state index in [0.717, 1.165) is 56.4 Å². The van der Waals surface area contributed by atoms with E-state index in [0.29, 0.717) is 0 Å². The minimum Gasteiger partial charge on any atom is -0.458 e. The van der Waals surface area contributed by atoms with Gasteiger partial charge in [0.25, 0.3) is 6.71 Å². The van der Waals surface area contributed by atoms with E-state index >= 15 is 0 Å². The van der Waals surface area contributed by atoms with Gasteiger partial charge in [0.15, 0.2) is 0 Å². The predicted octanol–water partition coefficient (Wildman–Crippen LogP) is 10.6. The number of thiophene rings is 1. The van der Waals surface area contributed by atoms with Crippen molar-refractivity contribution in [3.05, 3.63) is 158 Å². The number of nitrogens with zero attached hydrogens (tertiary/aromatic N) is 1. The lowest BCUT2D eigenvalue weighted by Gasteiger charge is -2.35. The number of rotatable bonds is 3. The molecule has 1 aromatic heterocycles. The SMILES string of the molecule is c1ccc(N(c2ccc3c(c2)Oc2cccc4c2B3c2c(c3ccccc3c3ccccc23)O4)c2cccc3c2sc2ccccc23)cc1. The zero-order valence-electron chi connectivity index (χ0n) is 26.3. The Morgan fingerprint density at radius 1 is 0.449 bits per heavy atom. The lowest BCUT2D eigenvalue weighted by molar-refractivity contribution is 0.467. The average molecular weight is 644 g/mol. The first-order valence-electron chi connectivity index (χ1n) is 16.6. The molecule has 2 aliphatic heterocycles. The Kier molecular flexibility index (Phi) is 5.63. The van der Waals surface area contributed by atoms with Crippen LogP contribution in [0.5, 0.6) is 23.0 Å². The van der Waals surface area contributed by atoms with Crippen molar-refractivity contribution in [1.29, 1.82) is 0 Å². The van der Waals surface area contributed by atoms with E-state index in [2.05, 4.69) is 157 Å². The van der Waals surface area contributed by atoms with Crippen molar-refractivity contribution < 1.29 is 9.47 Å². The molecule has 8 aromatic carbocycles. The fourth-order valence-electron chi connectivity index (χ4n) is 8.10. The van der Waals surface area contributed by atoms with Crippen LogP contribution in [0, 0.1) is 0 Å². The van der Waals surface area contributed by atoms with Crippen molar-refractivity contribution in [1.82, 2.24) is 0 Å². The maximum atomic E-state index is 6.83. The van der Waals surface area contributed by atoms with E-state index in [-0.39, 0.29) is 6.71 Å². The molecular formula is C44H26BNO2S. The third-order valence-corrected chi connectivity index (χ3v) is 11.4. The molecule has 3 nitrogen and oxygen atoms in total. The Labute approximate surface area is 287 Å². The topological polar surface area (TPSA) is 21.7 Å². The Bertz CT molecular complexity index is 2810. The summed E-state index contributed by atoms with van der Waals surface area (Å²) < 4.78 is 16.2. The average Bonchev–Trinajstić information content (AvgIpc) is 3.55. The molecular weight excluding hydrogens is 617 g/mol. The van der Waals surface area contributed by atoms with Gasteiger partial charge in [0, 0.05) is 43.8 Å². The number of hydrogen-bond donors (Lipinski definition) is 0. The van der Waals surface area contributed by atoms with Crippen molar-refractivity contribution >= 4 is 93.2 Å². The summed E-state index contributed by atoms with van der Waals surface area (Å²) in [4.78, 5) is 2.37. The highest BCUT2D eigenvalue weighted by Gasteiger charge is 2.42.